The van der Waals surface area contributed by atoms with E-state index < -0.39 is 24.6 Å². The first kappa shape index (κ1) is 20.3. The molecule has 6 nitrogen and oxygen atoms in total. The van der Waals surface area contributed by atoms with E-state index in [1.807, 2.05) is 18.2 Å². The smallest absolute Gasteiger partial charge is 0.347 e. The summed E-state index contributed by atoms with van der Waals surface area (Å²) in [6, 6.07) is 15.2. The van der Waals surface area contributed by atoms with Crippen molar-refractivity contribution < 1.29 is 19.1 Å². The van der Waals surface area contributed by atoms with E-state index in [2.05, 4.69) is 5.32 Å². The lowest BCUT2D eigenvalue weighted by Gasteiger charge is -2.17. The van der Waals surface area contributed by atoms with Crippen LogP contribution >= 0.6 is 11.6 Å². The number of hydrogen-bond acceptors (Lipinski definition) is 5. The van der Waals surface area contributed by atoms with E-state index >= 15 is 0 Å². The van der Waals surface area contributed by atoms with Crippen molar-refractivity contribution in [1.82, 2.24) is 5.32 Å². The monoisotopic (exact) mass is 386 g/mol. The zero-order valence-electron chi connectivity index (χ0n) is 14.9. The molecule has 2 aromatic carbocycles. The Labute approximate surface area is 162 Å². The number of amides is 1. The molecule has 0 saturated heterocycles. The van der Waals surface area contributed by atoms with E-state index in [9.17, 15) is 9.59 Å². The summed E-state index contributed by atoms with van der Waals surface area (Å²) < 4.78 is 10.4. The summed E-state index contributed by atoms with van der Waals surface area (Å²) in [7, 11) is 0. The fourth-order valence-corrected chi connectivity index (χ4v) is 2.60. The fraction of sp³-hybridized carbons (Fsp3) is 0.250. The van der Waals surface area contributed by atoms with Gasteiger partial charge in [-0.15, -0.1) is 0 Å². The molecule has 0 aliphatic heterocycles. The molecule has 1 N–H and O–H groups in total. The van der Waals surface area contributed by atoms with E-state index in [-0.39, 0.29) is 6.04 Å². The summed E-state index contributed by atoms with van der Waals surface area (Å²) in [6.45, 7) is 2.89. The first-order valence-corrected chi connectivity index (χ1v) is 8.65. The first-order valence-electron chi connectivity index (χ1n) is 8.28. The van der Waals surface area contributed by atoms with Crippen molar-refractivity contribution in [2.24, 2.45) is 0 Å². The molecule has 0 radical (unpaired) electrons. The summed E-state index contributed by atoms with van der Waals surface area (Å²) in [5.74, 6) is -0.684. The second-order valence-corrected chi connectivity index (χ2v) is 6.22. The van der Waals surface area contributed by atoms with Crippen LogP contribution < -0.4 is 10.1 Å². The van der Waals surface area contributed by atoms with Crippen LogP contribution in [0.5, 0.6) is 5.75 Å². The second kappa shape index (κ2) is 9.60. The summed E-state index contributed by atoms with van der Waals surface area (Å²) in [5, 5.41) is 12.0. The highest BCUT2D eigenvalue weighted by atomic mass is 35.5. The maximum absolute atomic E-state index is 12.0. The lowest BCUT2D eigenvalue weighted by molar-refractivity contribution is -0.154. The van der Waals surface area contributed by atoms with E-state index in [0.29, 0.717) is 16.3 Å². The van der Waals surface area contributed by atoms with Gasteiger partial charge in [0.05, 0.1) is 17.7 Å². The van der Waals surface area contributed by atoms with Gasteiger partial charge < -0.3 is 14.8 Å². The number of nitrogens with zero attached hydrogens (tertiary/aromatic N) is 1. The average molecular weight is 387 g/mol. The van der Waals surface area contributed by atoms with Gasteiger partial charge in [-0.2, -0.15) is 5.26 Å². The lowest BCUT2D eigenvalue weighted by Crippen LogP contribution is -2.34. The molecule has 0 heterocycles. The van der Waals surface area contributed by atoms with Crippen LogP contribution in [0.3, 0.4) is 0 Å². The van der Waals surface area contributed by atoms with E-state index in [4.69, 9.17) is 26.3 Å². The Morgan fingerprint density at radius 2 is 1.81 bits per heavy atom. The van der Waals surface area contributed by atoms with Gasteiger partial charge in [-0.1, -0.05) is 29.8 Å². The van der Waals surface area contributed by atoms with Gasteiger partial charge in [0.1, 0.15) is 5.75 Å². The average Bonchev–Trinajstić information content (AvgIpc) is 2.66. The highest BCUT2D eigenvalue weighted by Gasteiger charge is 2.19. The molecule has 2 atom stereocenters. The maximum Gasteiger partial charge on any atom is 0.347 e. The number of nitrogens with one attached hydrogen (secondary N) is 1. The minimum atomic E-state index is -0.897. The van der Waals surface area contributed by atoms with Crippen molar-refractivity contribution >= 4 is 23.5 Å². The number of esters is 1. The SMILES string of the molecule is C[C@H](NC(=O)COC(=O)[C@@H](C)Oc1ccc(C#N)cc1)c1ccccc1Cl. The standard InChI is InChI=1S/C20H19ClN2O4/c1-13(17-5-3-4-6-18(17)21)23-19(24)12-26-20(25)14(2)27-16-9-7-15(11-22)8-10-16/h3-10,13-14H,12H2,1-2H3,(H,23,24)/t13-,14+/m0/s1. The number of hydrogen-bond donors (Lipinski definition) is 1. The molecule has 0 fully saturated rings. The Kier molecular flexibility index (Phi) is 7.21. The van der Waals surface area contributed by atoms with Gasteiger partial charge in [-0.05, 0) is 49.7 Å². The summed E-state index contributed by atoms with van der Waals surface area (Å²) in [5.41, 5.74) is 1.26. The van der Waals surface area contributed by atoms with Crippen LogP contribution in [0.15, 0.2) is 48.5 Å². The quantitative estimate of drug-likeness (QED) is 0.737. The summed E-state index contributed by atoms with van der Waals surface area (Å²) >= 11 is 6.10. The van der Waals surface area contributed by atoms with Gasteiger partial charge >= 0.3 is 5.97 Å². The molecule has 140 valence electrons. The number of carbonyl (C=O) groups excluding carboxylic acids is 2. The molecule has 0 aromatic heterocycles. The molecule has 2 rings (SSSR count). The number of rotatable bonds is 7. The third-order valence-corrected chi connectivity index (χ3v) is 4.07. The third kappa shape index (κ3) is 6.01. The Morgan fingerprint density at radius 3 is 2.44 bits per heavy atom. The van der Waals surface area contributed by atoms with Gasteiger partial charge in [0.2, 0.25) is 0 Å². The van der Waals surface area contributed by atoms with Gasteiger partial charge in [0.15, 0.2) is 12.7 Å². The maximum atomic E-state index is 12.0. The number of ether oxygens (including phenoxy) is 2. The van der Waals surface area contributed by atoms with Crippen LogP contribution in [0.1, 0.15) is 31.0 Å². The number of carbonyl (C=O) groups is 2. The fourth-order valence-electron chi connectivity index (χ4n) is 2.30. The van der Waals surface area contributed by atoms with Crippen molar-refractivity contribution in [3.05, 3.63) is 64.7 Å². The van der Waals surface area contributed by atoms with Crippen molar-refractivity contribution in [1.29, 1.82) is 5.26 Å². The minimum absolute atomic E-state index is 0.322. The van der Waals surface area contributed by atoms with E-state index in [1.165, 1.54) is 6.92 Å². The molecule has 7 heteroatoms. The topological polar surface area (TPSA) is 88.4 Å². The highest BCUT2D eigenvalue weighted by molar-refractivity contribution is 6.31. The van der Waals surface area contributed by atoms with Crippen LogP contribution in [0.25, 0.3) is 0 Å². The van der Waals surface area contributed by atoms with E-state index in [0.717, 1.165) is 5.56 Å². The van der Waals surface area contributed by atoms with Gasteiger partial charge in [-0.25, -0.2) is 4.79 Å². The third-order valence-electron chi connectivity index (χ3n) is 3.72. The lowest BCUT2D eigenvalue weighted by atomic mass is 10.1. The zero-order valence-corrected chi connectivity index (χ0v) is 15.7. The Hall–Kier alpha value is -3.04. The first-order chi connectivity index (χ1) is 12.9. The van der Waals surface area contributed by atoms with E-state index in [1.54, 1.807) is 43.3 Å². The van der Waals surface area contributed by atoms with Gasteiger partial charge in [0.25, 0.3) is 5.91 Å². The molecule has 0 bridgehead atoms. The van der Waals surface area contributed by atoms with Crippen LogP contribution in [0, 0.1) is 11.3 Å². The molecule has 0 unspecified atom stereocenters. The number of benzene rings is 2. The van der Waals surface area contributed by atoms with Crippen LogP contribution in [-0.4, -0.2) is 24.6 Å². The van der Waals surface area contributed by atoms with Crippen LogP contribution in [0.2, 0.25) is 5.02 Å². The van der Waals surface area contributed by atoms with Crippen molar-refractivity contribution in [2.75, 3.05) is 6.61 Å². The Morgan fingerprint density at radius 1 is 1.15 bits per heavy atom. The zero-order chi connectivity index (χ0) is 19.8. The van der Waals surface area contributed by atoms with Crippen molar-refractivity contribution in [3.8, 4) is 11.8 Å². The molecule has 2 aromatic rings. The molecule has 27 heavy (non-hydrogen) atoms. The summed E-state index contributed by atoms with van der Waals surface area (Å²) in [4.78, 5) is 24.0. The largest absolute Gasteiger partial charge is 0.479 e. The molecule has 0 spiro atoms. The number of nitriles is 1. The minimum Gasteiger partial charge on any atom is -0.479 e. The molecular weight excluding hydrogens is 368 g/mol. The van der Waals surface area contributed by atoms with Crippen LogP contribution in [-0.2, 0) is 14.3 Å². The molecule has 1 amide bonds. The summed E-state index contributed by atoms with van der Waals surface area (Å²) in [6.07, 6.45) is -0.897. The van der Waals surface area contributed by atoms with Crippen LogP contribution in [0.4, 0.5) is 0 Å². The number of halogens is 1. The predicted octanol–water partition coefficient (Wildman–Crippen LogP) is 3.40. The van der Waals surface area contributed by atoms with Crippen molar-refractivity contribution in [3.63, 3.8) is 0 Å². The molecule has 0 aliphatic carbocycles. The van der Waals surface area contributed by atoms with Gasteiger partial charge in [0, 0.05) is 5.02 Å². The Balaban J connectivity index is 1.80. The predicted molar refractivity (Wildman–Crippen MR) is 100 cm³/mol. The van der Waals surface area contributed by atoms with Gasteiger partial charge in [-0.3, -0.25) is 4.79 Å². The normalized spacial score (nSPS) is 12.4. The second-order valence-electron chi connectivity index (χ2n) is 5.81. The molecule has 0 saturated carbocycles. The molecular formula is C20H19ClN2O4. The highest BCUT2D eigenvalue weighted by Crippen LogP contribution is 2.22. The molecule has 0 aliphatic rings. The Bertz CT molecular complexity index is 846. The van der Waals surface area contributed by atoms with Crippen molar-refractivity contribution in [2.45, 2.75) is 26.0 Å².